The van der Waals surface area contributed by atoms with Crippen LogP contribution >= 0.6 is 0 Å². The molecule has 0 amide bonds. The van der Waals surface area contributed by atoms with E-state index in [1.54, 1.807) is 7.11 Å². The molecule has 0 N–H and O–H groups in total. The van der Waals surface area contributed by atoms with Gasteiger partial charge >= 0.3 is 0 Å². The lowest BCUT2D eigenvalue weighted by molar-refractivity contribution is 0.201. The highest BCUT2D eigenvalue weighted by atomic mass is 16.5. The molecule has 1 aliphatic rings. The standard InChI is InChI=1S/C10H16N2O/c1-13-7-5-9-8-12-6-3-2-4-10(12)11-9/h8H,2-7H2,1H3. The molecule has 13 heavy (non-hydrogen) atoms. The van der Waals surface area contributed by atoms with Crippen molar-refractivity contribution >= 4 is 0 Å². The third-order valence-corrected chi connectivity index (χ3v) is 2.52. The van der Waals surface area contributed by atoms with Gasteiger partial charge < -0.3 is 9.30 Å². The summed E-state index contributed by atoms with van der Waals surface area (Å²) in [4.78, 5) is 4.57. The summed E-state index contributed by atoms with van der Waals surface area (Å²) in [5, 5.41) is 0. The van der Waals surface area contributed by atoms with Crippen LogP contribution in [0.4, 0.5) is 0 Å². The van der Waals surface area contributed by atoms with Crippen molar-refractivity contribution in [2.75, 3.05) is 13.7 Å². The van der Waals surface area contributed by atoms with E-state index in [4.69, 9.17) is 4.74 Å². The Kier molecular flexibility index (Phi) is 2.64. The van der Waals surface area contributed by atoms with Crippen LogP contribution in [0.3, 0.4) is 0 Å². The minimum absolute atomic E-state index is 0.774. The van der Waals surface area contributed by atoms with Crippen LogP contribution in [0.2, 0.25) is 0 Å². The second-order valence-corrected chi connectivity index (χ2v) is 3.54. The Morgan fingerprint density at radius 2 is 2.46 bits per heavy atom. The van der Waals surface area contributed by atoms with E-state index >= 15 is 0 Å². The second kappa shape index (κ2) is 3.92. The lowest BCUT2D eigenvalue weighted by atomic mass is 10.2. The normalized spacial score (nSPS) is 15.8. The fourth-order valence-electron chi connectivity index (χ4n) is 1.80. The van der Waals surface area contributed by atoms with E-state index in [9.17, 15) is 0 Å². The minimum atomic E-state index is 0.774. The van der Waals surface area contributed by atoms with Gasteiger partial charge in [-0.15, -0.1) is 0 Å². The first-order valence-electron chi connectivity index (χ1n) is 4.94. The fourth-order valence-corrected chi connectivity index (χ4v) is 1.80. The molecule has 3 nitrogen and oxygen atoms in total. The van der Waals surface area contributed by atoms with Crippen LogP contribution in [-0.2, 0) is 24.1 Å². The Bertz CT molecular complexity index is 257. The van der Waals surface area contributed by atoms with E-state index in [-0.39, 0.29) is 0 Å². The zero-order valence-electron chi connectivity index (χ0n) is 8.12. The van der Waals surface area contributed by atoms with Gasteiger partial charge in [0.05, 0.1) is 12.3 Å². The van der Waals surface area contributed by atoms with E-state index in [2.05, 4.69) is 15.7 Å². The Labute approximate surface area is 78.7 Å². The van der Waals surface area contributed by atoms with Gasteiger partial charge in [0, 0.05) is 32.7 Å². The molecule has 1 aromatic rings. The highest BCUT2D eigenvalue weighted by Crippen LogP contribution is 2.14. The average Bonchev–Trinajstić information content (AvgIpc) is 2.57. The summed E-state index contributed by atoms with van der Waals surface area (Å²) in [7, 11) is 1.73. The van der Waals surface area contributed by atoms with E-state index < -0.39 is 0 Å². The van der Waals surface area contributed by atoms with Gasteiger partial charge in [0.25, 0.3) is 0 Å². The van der Waals surface area contributed by atoms with E-state index in [1.165, 1.54) is 24.4 Å². The number of imidazole rings is 1. The fraction of sp³-hybridized carbons (Fsp3) is 0.700. The number of methoxy groups -OCH3 is 1. The summed E-state index contributed by atoms with van der Waals surface area (Å²) in [6, 6.07) is 0. The Balaban J connectivity index is 2.07. The van der Waals surface area contributed by atoms with Gasteiger partial charge in [0.15, 0.2) is 0 Å². The van der Waals surface area contributed by atoms with Gasteiger partial charge in [0.1, 0.15) is 5.82 Å². The molecule has 0 radical (unpaired) electrons. The van der Waals surface area contributed by atoms with Gasteiger partial charge in [-0.3, -0.25) is 0 Å². The first-order chi connectivity index (χ1) is 6.40. The van der Waals surface area contributed by atoms with Gasteiger partial charge in [-0.1, -0.05) is 0 Å². The lowest BCUT2D eigenvalue weighted by Gasteiger charge is -2.11. The van der Waals surface area contributed by atoms with Crippen LogP contribution < -0.4 is 0 Å². The molecule has 2 heterocycles. The first-order valence-corrected chi connectivity index (χ1v) is 4.94. The highest BCUT2D eigenvalue weighted by molar-refractivity contribution is 5.06. The molecule has 0 aromatic carbocycles. The molecular weight excluding hydrogens is 164 g/mol. The second-order valence-electron chi connectivity index (χ2n) is 3.54. The zero-order valence-corrected chi connectivity index (χ0v) is 8.12. The molecule has 0 atom stereocenters. The molecule has 0 spiro atoms. The SMILES string of the molecule is COCCc1cn2c(n1)CCCC2. The third kappa shape index (κ3) is 1.91. The quantitative estimate of drug-likeness (QED) is 0.703. The van der Waals surface area contributed by atoms with Crippen molar-refractivity contribution in [3.8, 4) is 0 Å². The minimum Gasteiger partial charge on any atom is -0.384 e. The molecular formula is C10H16N2O. The van der Waals surface area contributed by atoms with Crippen molar-refractivity contribution in [3.63, 3.8) is 0 Å². The first kappa shape index (κ1) is 8.75. The summed E-state index contributed by atoms with van der Waals surface area (Å²) in [5.41, 5.74) is 1.18. The number of hydrogen-bond donors (Lipinski definition) is 0. The lowest BCUT2D eigenvalue weighted by Crippen LogP contribution is -2.08. The summed E-state index contributed by atoms with van der Waals surface area (Å²) >= 11 is 0. The van der Waals surface area contributed by atoms with Crippen LogP contribution in [-0.4, -0.2) is 23.3 Å². The van der Waals surface area contributed by atoms with Gasteiger partial charge in [-0.25, -0.2) is 4.98 Å². The molecule has 0 saturated heterocycles. The Hall–Kier alpha value is -0.830. The largest absolute Gasteiger partial charge is 0.384 e. The monoisotopic (exact) mass is 180 g/mol. The number of aryl methyl sites for hydroxylation is 2. The van der Waals surface area contributed by atoms with Crippen molar-refractivity contribution in [2.45, 2.75) is 32.2 Å². The summed E-state index contributed by atoms with van der Waals surface area (Å²) in [5.74, 6) is 1.26. The molecule has 0 bridgehead atoms. The molecule has 0 unspecified atom stereocenters. The molecule has 1 aromatic heterocycles. The summed E-state index contributed by atoms with van der Waals surface area (Å²) in [6.07, 6.45) is 6.85. The van der Waals surface area contributed by atoms with Crippen molar-refractivity contribution in [2.24, 2.45) is 0 Å². The van der Waals surface area contributed by atoms with Crippen molar-refractivity contribution in [3.05, 3.63) is 17.7 Å². The predicted molar refractivity (Wildman–Crippen MR) is 50.7 cm³/mol. The van der Waals surface area contributed by atoms with Crippen LogP contribution in [0.15, 0.2) is 6.20 Å². The maximum atomic E-state index is 5.03. The predicted octanol–water partition coefficient (Wildman–Crippen LogP) is 1.41. The van der Waals surface area contributed by atoms with Gasteiger partial charge in [-0.05, 0) is 12.8 Å². The van der Waals surface area contributed by atoms with Crippen molar-refractivity contribution in [1.29, 1.82) is 0 Å². The van der Waals surface area contributed by atoms with Gasteiger partial charge in [-0.2, -0.15) is 0 Å². The topological polar surface area (TPSA) is 27.1 Å². The van der Waals surface area contributed by atoms with Crippen LogP contribution in [0.5, 0.6) is 0 Å². The molecule has 2 rings (SSSR count). The van der Waals surface area contributed by atoms with Crippen LogP contribution in [0.25, 0.3) is 0 Å². The molecule has 72 valence electrons. The number of hydrogen-bond acceptors (Lipinski definition) is 2. The zero-order chi connectivity index (χ0) is 9.10. The van der Waals surface area contributed by atoms with E-state index in [1.807, 2.05) is 0 Å². The van der Waals surface area contributed by atoms with E-state index in [0.29, 0.717) is 0 Å². The number of fused-ring (bicyclic) bond motifs is 1. The summed E-state index contributed by atoms with van der Waals surface area (Å²) < 4.78 is 7.31. The number of nitrogens with zero attached hydrogens (tertiary/aromatic N) is 2. The molecule has 0 aliphatic carbocycles. The van der Waals surface area contributed by atoms with Gasteiger partial charge in [0.2, 0.25) is 0 Å². The third-order valence-electron chi connectivity index (χ3n) is 2.52. The number of rotatable bonds is 3. The highest BCUT2D eigenvalue weighted by Gasteiger charge is 2.11. The maximum Gasteiger partial charge on any atom is 0.108 e. The smallest absolute Gasteiger partial charge is 0.108 e. The number of ether oxygens (including phenoxy) is 1. The maximum absolute atomic E-state index is 5.03. The molecule has 1 aliphatic heterocycles. The Morgan fingerprint density at radius 1 is 1.54 bits per heavy atom. The summed E-state index contributed by atoms with van der Waals surface area (Å²) in [6.45, 7) is 1.92. The van der Waals surface area contributed by atoms with Crippen LogP contribution in [0.1, 0.15) is 24.4 Å². The molecule has 3 heteroatoms. The van der Waals surface area contributed by atoms with Crippen molar-refractivity contribution < 1.29 is 4.74 Å². The van der Waals surface area contributed by atoms with Crippen LogP contribution in [0, 0.1) is 0 Å². The molecule has 0 fully saturated rings. The Morgan fingerprint density at radius 3 is 3.23 bits per heavy atom. The van der Waals surface area contributed by atoms with E-state index in [0.717, 1.165) is 26.0 Å². The molecule has 0 saturated carbocycles. The number of aromatic nitrogens is 2. The average molecular weight is 180 g/mol. The van der Waals surface area contributed by atoms with Crippen molar-refractivity contribution in [1.82, 2.24) is 9.55 Å².